The Labute approximate surface area is 107 Å². The molecule has 1 aromatic rings. The van der Waals surface area contributed by atoms with Gasteiger partial charge in [-0.3, -0.25) is 0 Å². The van der Waals surface area contributed by atoms with Crippen molar-refractivity contribution in [2.75, 3.05) is 5.32 Å². The van der Waals surface area contributed by atoms with Gasteiger partial charge in [0.05, 0.1) is 0 Å². The molecule has 0 aliphatic rings. The lowest BCUT2D eigenvalue weighted by molar-refractivity contribution is 0.539. The summed E-state index contributed by atoms with van der Waals surface area (Å²) in [6.45, 7) is 6.42. The first kappa shape index (κ1) is 13.9. The van der Waals surface area contributed by atoms with Gasteiger partial charge in [0.1, 0.15) is 10.8 Å². The average molecular weight is 254 g/mol. The molecule has 1 rings (SSSR count). The van der Waals surface area contributed by atoms with E-state index in [9.17, 15) is 4.39 Å². The average Bonchev–Trinajstić information content (AvgIpc) is 2.19. The molecule has 94 valence electrons. The van der Waals surface area contributed by atoms with Crippen LogP contribution in [0.25, 0.3) is 0 Å². The van der Waals surface area contributed by atoms with E-state index in [1.54, 1.807) is 6.07 Å². The minimum absolute atomic E-state index is 0.212. The fourth-order valence-corrected chi connectivity index (χ4v) is 2.05. The van der Waals surface area contributed by atoms with Gasteiger partial charge in [-0.2, -0.15) is 0 Å². The quantitative estimate of drug-likeness (QED) is 0.792. The summed E-state index contributed by atoms with van der Waals surface area (Å²) >= 11 is 4.92. The van der Waals surface area contributed by atoms with Crippen LogP contribution in [-0.4, -0.2) is 11.0 Å². The molecule has 0 saturated heterocycles. The second-order valence-electron chi connectivity index (χ2n) is 4.73. The first-order chi connectivity index (χ1) is 7.90. The lowest BCUT2D eigenvalue weighted by atomic mass is 10.0. The molecule has 0 aromatic heterocycles. The van der Waals surface area contributed by atoms with Gasteiger partial charge in [0.15, 0.2) is 0 Å². The van der Waals surface area contributed by atoms with Crippen molar-refractivity contribution in [1.82, 2.24) is 0 Å². The molecule has 17 heavy (non-hydrogen) atoms. The van der Waals surface area contributed by atoms with Crippen LogP contribution in [-0.2, 0) is 0 Å². The highest BCUT2D eigenvalue weighted by Gasteiger charge is 2.10. The Bertz CT molecular complexity index is 404. The maximum Gasteiger partial charge on any atom is 0.124 e. The van der Waals surface area contributed by atoms with Gasteiger partial charge in [-0.1, -0.05) is 26.1 Å². The fourth-order valence-electron chi connectivity index (χ4n) is 1.88. The molecule has 3 N–H and O–H groups in total. The molecule has 1 aromatic carbocycles. The number of benzene rings is 1. The van der Waals surface area contributed by atoms with E-state index in [0.717, 1.165) is 12.1 Å². The molecule has 0 aliphatic heterocycles. The molecule has 0 bridgehead atoms. The van der Waals surface area contributed by atoms with E-state index < -0.39 is 0 Å². The Morgan fingerprint density at radius 2 is 2.06 bits per heavy atom. The molecule has 0 radical (unpaired) electrons. The van der Waals surface area contributed by atoms with Crippen molar-refractivity contribution >= 4 is 22.9 Å². The highest BCUT2D eigenvalue weighted by molar-refractivity contribution is 7.80. The third-order valence-corrected chi connectivity index (χ3v) is 2.69. The Hall–Kier alpha value is -1.16. The maximum absolute atomic E-state index is 13.1. The van der Waals surface area contributed by atoms with Crippen molar-refractivity contribution in [1.29, 1.82) is 0 Å². The first-order valence-corrected chi connectivity index (χ1v) is 6.17. The molecular formula is C13H19FN2S. The van der Waals surface area contributed by atoms with Gasteiger partial charge in [-0.15, -0.1) is 0 Å². The normalized spacial score (nSPS) is 12.5. The van der Waals surface area contributed by atoms with E-state index in [1.807, 2.05) is 0 Å². The zero-order valence-electron chi connectivity index (χ0n) is 10.5. The van der Waals surface area contributed by atoms with Crippen LogP contribution in [0.15, 0.2) is 18.2 Å². The summed E-state index contributed by atoms with van der Waals surface area (Å²) in [5.41, 5.74) is 6.95. The van der Waals surface area contributed by atoms with Crippen molar-refractivity contribution in [3.63, 3.8) is 0 Å². The summed E-state index contributed by atoms with van der Waals surface area (Å²) in [5.74, 6) is 0.279. The Morgan fingerprint density at radius 3 is 2.59 bits per heavy atom. The van der Waals surface area contributed by atoms with Crippen molar-refractivity contribution in [3.8, 4) is 0 Å². The van der Waals surface area contributed by atoms with Gasteiger partial charge >= 0.3 is 0 Å². The lowest BCUT2D eigenvalue weighted by Gasteiger charge is -2.19. The van der Waals surface area contributed by atoms with Gasteiger partial charge in [-0.25, -0.2) is 4.39 Å². The molecule has 0 spiro atoms. The highest BCUT2D eigenvalue weighted by atomic mass is 32.1. The summed E-state index contributed by atoms with van der Waals surface area (Å²) in [6.07, 6.45) is 1.04. The van der Waals surface area contributed by atoms with Crippen LogP contribution in [0.2, 0.25) is 0 Å². The number of hydrogen-bond donors (Lipinski definition) is 2. The van der Waals surface area contributed by atoms with Crippen LogP contribution in [0.4, 0.5) is 10.1 Å². The number of hydrogen-bond acceptors (Lipinski definition) is 2. The van der Waals surface area contributed by atoms with Gasteiger partial charge < -0.3 is 11.1 Å². The number of nitrogens with one attached hydrogen (secondary N) is 1. The minimum Gasteiger partial charge on any atom is -0.389 e. The van der Waals surface area contributed by atoms with E-state index in [-0.39, 0.29) is 10.8 Å². The Morgan fingerprint density at radius 1 is 1.41 bits per heavy atom. The molecule has 0 fully saturated rings. The SMILES string of the molecule is CC(C)CC(C)Nc1ccc(F)cc1C(N)=S. The van der Waals surface area contributed by atoms with Gasteiger partial charge in [-0.05, 0) is 37.5 Å². The van der Waals surface area contributed by atoms with E-state index in [0.29, 0.717) is 17.5 Å². The van der Waals surface area contributed by atoms with Crippen molar-refractivity contribution in [2.24, 2.45) is 11.7 Å². The third kappa shape index (κ3) is 4.30. The lowest BCUT2D eigenvalue weighted by Crippen LogP contribution is -2.21. The van der Waals surface area contributed by atoms with Gasteiger partial charge in [0.2, 0.25) is 0 Å². The van der Waals surface area contributed by atoms with Crippen LogP contribution < -0.4 is 11.1 Å². The molecular weight excluding hydrogens is 235 g/mol. The van der Waals surface area contributed by atoms with E-state index >= 15 is 0 Å². The zero-order chi connectivity index (χ0) is 13.0. The van der Waals surface area contributed by atoms with Crippen LogP contribution in [0.1, 0.15) is 32.8 Å². The Kier molecular flexibility index (Phi) is 4.87. The van der Waals surface area contributed by atoms with Crippen molar-refractivity contribution in [3.05, 3.63) is 29.6 Å². The molecule has 0 aliphatic carbocycles. The summed E-state index contributed by atoms with van der Waals surface area (Å²) in [4.78, 5) is 0.212. The van der Waals surface area contributed by atoms with Crippen LogP contribution in [0, 0.1) is 11.7 Å². The molecule has 4 heteroatoms. The molecule has 1 atom stereocenters. The third-order valence-electron chi connectivity index (χ3n) is 2.47. The van der Waals surface area contributed by atoms with Crippen LogP contribution in [0.5, 0.6) is 0 Å². The maximum atomic E-state index is 13.1. The predicted octanol–water partition coefficient (Wildman–Crippen LogP) is 3.31. The Balaban J connectivity index is 2.86. The second kappa shape index (κ2) is 5.96. The summed E-state index contributed by atoms with van der Waals surface area (Å²) in [6, 6.07) is 4.76. The smallest absolute Gasteiger partial charge is 0.124 e. The number of halogens is 1. The van der Waals surface area contributed by atoms with E-state index in [2.05, 4.69) is 26.1 Å². The van der Waals surface area contributed by atoms with Gasteiger partial charge in [0, 0.05) is 17.3 Å². The monoisotopic (exact) mass is 254 g/mol. The highest BCUT2D eigenvalue weighted by Crippen LogP contribution is 2.19. The predicted molar refractivity (Wildman–Crippen MR) is 74.8 cm³/mol. The largest absolute Gasteiger partial charge is 0.389 e. The molecule has 2 nitrogen and oxygen atoms in total. The number of rotatable bonds is 5. The first-order valence-electron chi connectivity index (χ1n) is 5.76. The van der Waals surface area contributed by atoms with Crippen molar-refractivity contribution in [2.45, 2.75) is 33.2 Å². The molecule has 0 heterocycles. The van der Waals surface area contributed by atoms with Crippen LogP contribution >= 0.6 is 12.2 Å². The summed E-state index contributed by atoms with van der Waals surface area (Å²) < 4.78 is 13.1. The second-order valence-corrected chi connectivity index (χ2v) is 5.17. The molecule has 0 amide bonds. The summed E-state index contributed by atoms with van der Waals surface area (Å²) in [5, 5.41) is 3.32. The number of anilines is 1. The number of nitrogens with two attached hydrogens (primary N) is 1. The van der Waals surface area contributed by atoms with Gasteiger partial charge in [0.25, 0.3) is 0 Å². The minimum atomic E-state index is -0.324. The number of thiocarbonyl (C=S) groups is 1. The summed E-state index contributed by atoms with van der Waals surface area (Å²) in [7, 11) is 0. The molecule has 0 saturated carbocycles. The van der Waals surface area contributed by atoms with E-state index in [1.165, 1.54) is 12.1 Å². The topological polar surface area (TPSA) is 38.0 Å². The standard InChI is InChI=1S/C13H19FN2S/c1-8(2)6-9(3)16-12-5-4-10(14)7-11(12)13(15)17/h4-5,7-9,16H,6H2,1-3H3,(H2,15,17). The van der Waals surface area contributed by atoms with Crippen LogP contribution in [0.3, 0.4) is 0 Å². The van der Waals surface area contributed by atoms with Crippen molar-refractivity contribution < 1.29 is 4.39 Å². The van der Waals surface area contributed by atoms with E-state index in [4.69, 9.17) is 18.0 Å². The zero-order valence-corrected chi connectivity index (χ0v) is 11.3. The fraction of sp³-hybridized carbons (Fsp3) is 0.462. The molecule has 1 unspecified atom stereocenters.